The number of halogens is 1. The summed E-state index contributed by atoms with van der Waals surface area (Å²) in [6.07, 6.45) is 0. The summed E-state index contributed by atoms with van der Waals surface area (Å²) < 4.78 is 13.9. The van der Waals surface area contributed by atoms with Crippen LogP contribution in [0.5, 0.6) is 0 Å². The third-order valence-corrected chi connectivity index (χ3v) is 2.75. The van der Waals surface area contributed by atoms with E-state index in [4.69, 9.17) is 0 Å². The minimum Gasteiger partial charge on any atom is -0.304 e. The summed E-state index contributed by atoms with van der Waals surface area (Å²) in [4.78, 5) is 6.58. The molecule has 1 aromatic rings. The lowest BCUT2D eigenvalue weighted by Crippen LogP contribution is -2.16. The zero-order chi connectivity index (χ0) is 13.2. The molecule has 3 heteroatoms. The van der Waals surface area contributed by atoms with Crippen molar-refractivity contribution in [1.29, 1.82) is 0 Å². The van der Waals surface area contributed by atoms with E-state index >= 15 is 0 Å². The summed E-state index contributed by atoms with van der Waals surface area (Å²) in [7, 11) is 4.01. The predicted molar refractivity (Wildman–Crippen MR) is 69.8 cm³/mol. The van der Waals surface area contributed by atoms with Crippen LogP contribution in [0.2, 0.25) is 0 Å². The van der Waals surface area contributed by atoms with Crippen molar-refractivity contribution in [3.8, 4) is 0 Å². The molecule has 0 fully saturated rings. The molecule has 0 saturated heterocycles. The Morgan fingerprint density at radius 1 is 1.18 bits per heavy atom. The van der Waals surface area contributed by atoms with Gasteiger partial charge in [0.1, 0.15) is 5.82 Å². The summed E-state index contributed by atoms with van der Waals surface area (Å²) in [5, 5.41) is 0. The quantitative estimate of drug-likeness (QED) is 0.797. The standard InChI is InChI=1S/C14H23FN2/c1-9(2)11-7-12(15)14(10(3)4)16-13(11)8-17(5)6/h7,9-10H,8H2,1-6H3. The van der Waals surface area contributed by atoms with Crippen molar-refractivity contribution in [1.82, 2.24) is 9.88 Å². The largest absolute Gasteiger partial charge is 0.304 e. The monoisotopic (exact) mass is 238 g/mol. The van der Waals surface area contributed by atoms with Crippen LogP contribution in [0.15, 0.2) is 6.07 Å². The van der Waals surface area contributed by atoms with Crippen molar-refractivity contribution in [2.45, 2.75) is 46.1 Å². The number of hydrogen-bond donors (Lipinski definition) is 0. The van der Waals surface area contributed by atoms with E-state index in [0.717, 1.165) is 17.8 Å². The second-order valence-corrected chi connectivity index (χ2v) is 5.44. The third-order valence-electron chi connectivity index (χ3n) is 2.75. The smallest absolute Gasteiger partial charge is 0.145 e. The van der Waals surface area contributed by atoms with E-state index in [0.29, 0.717) is 11.6 Å². The number of aromatic nitrogens is 1. The van der Waals surface area contributed by atoms with Crippen molar-refractivity contribution < 1.29 is 4.39 Å². The van der Waals surface area contributed by atoms with Crippen LogP contribution in [0.1, 0.15) is 56.5 Å². The Morgan fingerprint density at radius 2 is 1.76 bits per heavy atom. The first kappa shape index (κ1) is 14.1. The maximum Gasteiger partial charge on any atom is 0.145 e. The van der Waals surface area contributed by atoms with E-state index in [-0.39, 0.29) is 11.7 Å². The fourth-order valence-electron chi connectivity index (χ4n) is 1.89. The molecule has 17 heavy (non-hydrogen) atoms. The van der Waals surface area contributed by atoms with E-state index in [1.165, 1.54) is 0 Å². The molecule has 1 heterocycles. The van der Waals surface area contributed by atoms with Gasteiger partial charge >= 0.3 is 0 Å². The van der Waals surface area contributed by atoms with E-state index in [2.05, 4.69) is 23.7 Å². The van der Waals surface area contributed by atoms with Gasteiger partial charge in [-0.25, -0.2) is 4.39 Å². The highest BCUT2D eigenvalue weighted by atomic mass is 19.1. The first-order chi connectivity index (χ1) is 7.82. The summed E-state index contributed by atoms with van der Waals surface area (Å²) >= 11 is 0. The molecule has 1 rings (SSSR count). The van der Waals surface area contributed by atoms with Crippen molar-refractivity contribution in [2.75, 3.05) is 14.1 Å². The zero-order valence-electron chi connectivity index (χ0n) is 11.7. The second kappa shape index (κ2) is 5.58. The molecular formula is C14H23FN2. The highest BCUT2D eigenvalue weighted by molar-refractivity contribution is 5.28. The average molecular weight is 238 g/mol. The highest BCUT2D eigenvalue weighted by Crippen LogP contribution is 2.24. The fraction of sp³-hybridized carbons (Fsp3) is 0.643. The molecule has 0 unspecified atom stereocenters. The molecule has 0 radical (unpaired) electrons. The van der Waals surface area contributed by atoms with Gasteiger partial charge in [-0.3, -0.25) is 4.98 Å². The van der Waals surface area contributed by atoms with Crippen molar-refractivity contribution in [2.24, 2.45) is 0 Å². The molecule has 2 nitrogen and oxygen atoms in total. The first-order valence-electron chi connectivity index (χ1n) is 6.16. The molecule has 96 valence electrons. The van der Waals surface area contributed by atoms with Gasteiger partial charge in [0.25, 0.3) is 0 Å². The molecular weight excluding hydrogens is 215 g/mol. The third kappa shape index (κ3) is 3.50. The first-order valence-corrected chi connectivity index (χ1v) is 6.16. The van der Waals surface area contributed by atoms with Gasteiger partial charge in [-0.15, -0.1) is 0 Å². The van der Waals surface area contributed by atoms with E-state index in [1.54, 1.807) is 6.07 Å². The topological polar surface area (TPSA) is 16.1 Å². The molecule has 0 saturated carbocycles. The van der Waals surface area contributed by atoms with Crippen LogP contribution in [0.4, 0.5) is 4.39 Å². The van der Waals surface area contributed by atoms with Crippen LogP contribution in [0.3, 0.4) is 0 Å². The van der Waals surface area contributed by atoms with Crippen LogP contribution in [0, 0.1) is 5.82 Å². The Kier molecular flexibility index (Phi) is 4.63. The van der Waals surface area contributed by atoms with Crippen LogP contribution in [-0.2, 0) is 6.54 Å². The van der Waals surface area contributed by atoms with E-state index in [9.17, 15) is 4.39 Å². The highest BCUT2D eigenvalue weighted by Gasteiger charge is 2.16. The maximum atomic E-state index is 13.9. The predicted octanol–water partition coefficient (Wildman–Crippen LogP) is 3.53. The summed E-state index contributed by atoms with van der Waals surface area (Å²) in [5.74, 6) is 0.247. The van der Waals surface area contributed by atoms with Crippen molar-refractivity contribution in [3.05, 3.63) is 28.8 Å². The Labute approximate surface area is 104 Å². The number of nitrogens with zero attached hydrogens (tertiary/aromatic N) is 2. The number of pyridine rings is 1. The van der Waals surface area contributed by atoms with Gasteiger partial charge < -0.3 is 4.90 Å². The molecule has 0 aromatic carbocycles. The average Bonchev–Trinajstić information content (AvgIpc) is 2.18. The minimum atomic E-state index is -0.175. The fourth-order valence-corrected chi connectivity index (χ4v) is 1.89. The summed E-state index contributed by atoms with van der Waals surface area (Å²) in [6.45, 7) is 8.85. The van der Waals surface area contributed by atoms with Gasteiger partial charge in [-0.1, -0.05) is 27.7 Å². The number of rotatable bonds is 4. The molecule has 0 amide bonds. The van der Waals surface area contributed by atoms with Crippen molar-refractivity contribution >= 4 is 0 Å². The molecule has 0 bridgehead atoms. The van der Waals surface area contributed by atoms with Gasteiger partial charge in [0.15, 0.2) is 0 Å². The second-order valence-electron chi connectivity index (χ2n) is 5.44. The molecule has 0 atom stereocenters. The lowest BCUT2D eigenvalue weighted by atomic mass is 9.98. The van der Waals surface area contributed by atoms with Gasteiger partial charge in [0, 0.05) is 6.54 Å². The van der Waals surface area contributed by atoms with Crippen LogP contribution in [-0.4, -0.2) is 24.0 Å². The van der Waals surface area contributed by atoms with Gasteiger partial charge in [0.2, 0.25) is 0 Å². The van der Waals surface area contributed by atoms with Gasteiger partial charge in [0.05, 0.1) is 11.4 Å². The maximum absolute atomic E-state index is 13.9. The zero-order valence-corrected chi connectivity index (χ0v) is 11.7. The molecule has 0 N–H and O–H groups in total. The van der Waals surface area contributed by atoms with Crippen LogP contribution >= 0.6 is 0 Å². The molecule has 0 aliphatic heterocycles. The lowest BCUT2D eigenvalue weighted by molar-refractivity contribution is 0.392. The van der Waals surface area contributed by atoms with Crippen LogP contribution < -0.4 is 0 Å². The Morgan fingerprint density at radius 3 is 2.18 bits per heavy atom. The molecule has 0 spiro atoms. The van der Waals surface area contributed by atoms with E-state index < -0.39 is 0 Å². The lowest BCUT2D eigenvalue weighted by Gasteiger charge is -2.18. The Hall–Kier alpha value is -0.960. The SMILES string of the molecule is CC(C)c1cc(F)c(C(C)C)nc1CN(C)C. The van der Waals surface area contributed by atoms with Gasteiger partial charge in [-0.05, 0) is 37.6 Å². The van der Waals surface area contributed by atoms with Gasteiger partial charge in [-0.2, -0.15) is 0 Å². The van der Waals surface area contributed by atoms with Crippen LogP contribution in [0.25, 0.3) is 0 Å². The normalized spacial score (nSPS) is 11.9. The van der Waals surface area contributed by atoms with Crippen molar-refractivity contribution in [3.63, 3.8) is 0 Å². The molecule has 0 aliphatic carbocycles. The minimum absolute atomic E-state index is 0.122. The Balaban J connectivity index is 3.26. The summed E-state index contributed by atoms with van der Waals surface area (Å²) in [6, 6.07) is 1.66. The van der Waals surface area contributed by atoms with E-state index in [1.807, 2.05) is 27.9 Å². The number of hydrogen-bond acceptors (Lipinski definition) is 2. The summed E-state index contributed by atoms with van der Waals surface area (Å²) in [5.41, 5.74) is 2.59. The molecule has 0 aliphatic rings. The Bertz CT molecular complexity index is 384. The molecule has 1 aromatic heterocycles.